The smallest absolute Gasteiger partial charge is 0.181 e. The molecule has 1 aliphatic rings. The Bertz CT molecular complexity index is 621. The second kappa shape index (κ2) is 5.88. The van der Waals surface area contributed by atoms with E-state index in [1.807, 2.05) is 6.07 Å². The lowest BCUT2D eigenvalue weighted by Crippen LogP contribution is -2.14. The molecule has 0 spiro atoms. The van der Waals surface area contributed by atoms with Gasteiger partial charge in [-0.25, -0.2) is 0 Å². The quantitative estimate of drug-likeness (QED) is 0.774. The molecule has 102 valence electrons. The van der Waals surface area contributed by atoms with Crippen molar-refractivity contribution in [2.24, 2.45) is 0 Å². The van der Waals surface area contributed by atoms with Gasteiger partial charge in [-0.15, -0.1) is 0 Å². The molecule has 1 atom stereocenters. The third kappa shape index (κ3) is 2.83. The third-order valence-corrected chi connectivity index (χ3v) is 4.41. The van der Waals surface area contributed by atoms with Gasteiger partial charge in [0.1, 0.15) is 5.69 Å². The predicted octanol–water partition coefficient (Wildman–Crippen LogP) is 4.54. The number of nitrogens with zero attached hydrogens (tertiary/aromatic N) is 1. The second-order valence-corrected chi connectivity index (χ2v) is 6.19. The number of fused-ring (bicyclic) bond motifs is 1. The summed E-state index contributed by atoms with van der Waals surface area (Å²) >= 11 is 3.34. The Morgan fingerprint density at radius 2 is 2.10 bits per heavy atom. The number of aryl methyl sites for hydroxylation is 1. The van der Waals surface area contributed by atoms with Crippen LogP contribution in [0.5, 0.6) is 0 Å². The lowest BCUT2D eigenvalue weighted by atomic mass is 9.80. The summed E-state index contributed by atoms with van der Waals surface area (Å²) in [5.74, 6) is 0.483. The Hall–Kier alpha value is -1.48. The van der Waals surface area contributed by atoms with Crippen molar-refractivity contribution in [2.45, 2.75) is 31.6 Å². The minimum Gasteiger partial charge on any atom is -0.292 e. The molecule has 0 aliphatic heterocycles. The van der Waals surface area contributed by atoms with Crippen LogP contribution in [0.2, 0.25) is 0 Å². The highest BCUT2D eigenvalue weighted by Crippen LogP contribution is 2.34. The summed E-state index contributed by atoms with van der Waals surface area (Å²) in [6, 6.07) is 12.2. The SMILES string of the molecule is O=C(CC1CCCc2ccccc21)c1ccc(Br)cn1. The zero-order chi connectivity index (χ0) is 13.9. The Kier molecular flexibility index (Phi) is 3.97. The zero-order valence-electron chi connectivity index (χ0n) is 11.2. The Morgan fingerprint density at radius 1 is 1.25 bits per heavy atom. The van der Waals surface area contributed by atoms with Crippen LogP contribution in [0.1, 0.15) is 46.8 Å². The highest BCUT2D eigenvalue weighted by Gasteiger charge is 2.23. The van der Waals surface area contributed by atoms with Gasteiger partial charge in [0.25, 0.3) is 0 Å². The van der Waals surface area contributed by atoms with E-state index in [1.165, 1.54) is 17.5 Å². The summed E-state index contributed by atoms with van der Waals surface area (Å²) in [5.41, 5.74) is 3.32. The van der Waals surface area contributed by atoms with Crippen molar-refractivity contribution in [3.63, 3.8) is 0 Å². The first-order valence-electron chi connectivity index (χ1n) is 6.96. The van der Waals surface area contributed by atoms with Crippen LogP contribution < -0.4 is 0 Å². The molecule has 1 unspecified atom stereocenters. The van der Waals surface area contributed by atoms with Gasteiger partial charge in [-0.2, -0.15) is 0 Å². The molecule has 0 radical (unpaired) electrons. The molecule has 0 fully saturated rings. The molecule has 2 aromatic rings. The Morgan fingerprint density at radius 3 is 2.90 bits per heavy atom. The van der Waals surface area contributed by atoms with E-state index in [2.05, 4.69) is 45.2 Å². The normalized spacial score (nSPS) is 17.6. The first-order chi connectivity index (χ1) is 9.74. The summed E-state index contributed by atoms with van der Waals surface area (Å²) in [5, 5.41) is 0. The van der Waals surface area contributed by atoms with Gasteiger partial charge in [0.05, 0.1) is 0 Å². The van der Waals surface area contributed by atoms with E-state index in [9.17, 15) is 4.79 Å². The van der Waals surface area contributed by atoms with Crippen LogP contribution in [0, 0.1) is 0 Å². The molecule has 1 aromatic heterocycles. The number of carbonyl (C=O) groups excluding carboxylic acids is 1. The maximum Gasteiger partial charge on any atom is 0.181 e. The maximum absolute atomic E-state index is 12.4. The van der Waals surface area contributed by atoms with Gasteiger partial charge in [-0.3, -0.25) is 9.78 Å². The first kappa shape index (κ1) is 13.5. The molecule has 0 bridgehead atoms. The van der Waals surface area contributed by atoms with Gasteiger partial charge in [-0.05, 0) is 64.4 Å². The Balaban J connectivity index is 1.79. The van der Waals surface area contributed by atoms with E-state index >= 15 is 0 Å². The van der Waals surface area contributed by atoms with Gasteiger partial charge in [0.2, 0.25) is 0 Å². The number of aromatic nitrogens is 1. The number of halogens is 1. The molecule has 1 aliphatic carbocycles. The van der Waals surface area contributed by atoms with Crippen molar-refractivity contribution in [3.05, 3.63) is 63.9 Å². The standard InChI is InChI=1S/C17H16BrNO/c18-14-8-9-16(19-11-14)17(20)10-13-6-3-5-12-4-1-2-7-15(12)13/h1-2,4,7-9,11,13H,3,5-6,10H2. The van der Waals surface area contributed by atoms with E-state index in [0.717, 1.165) is 17.3 Å². The number of carbonyl (C=O) groups is 1. The summed E-state index contributed by atoms with van der Waals surface area (Å²) in [6.45, 7) is 0. The fourth-order valence-electron chi connectivity index (χ4n) is 2.94. The largest absolute Gasteiger partial charge is 0.292 e. The summed E-state index contributed by atoms with van der Waals surface area (Å²) in [4.78, 5) is 16.6. The van der Waals surface area contributed by atoms with Gasteiger partial charge in [0, 0.05) is 17.1 Å². The summed E-state index contributed by atoms with van der Waals surface area (Å²) in [7, 11) is 0. The minimum atomic E-state index is 0.138. The number of benzene rings is 1. The topological polar surface area (TPSA) is 30.0 Å². The van der Waals surface area contributed by atoms with Crippen LogP contribution in [0.15, 0.2) is 47.1 Å². The number of pyridine rings is 1. The van der Waals surface area contributed by atoms with Crippen molar-refractivity contribution in [1.29, 1.82) is 0 Å². The average molecular weight is 330 g/mol. The van der Waals surface area contributed by atoms with Crippen LogP contribution in [0.3, 0.4) is 0 Å². The molecule has 1 heterocycles. The molecule has 0 saturated carbocycles. The molecule has 1 aromatic carbocycles. The van der Waals surface area contributed by atoms with Crippen molar-refractivity contribution in [1.82, 2.24) is 4.98 Å². The molecule has 3 rings (SSSR count). The van der Waals surface area contributed by atoms with Gasteiger partial charge in [0.15, 0.2) is 5.78 Å². The minimum absolute atomic E-state index is 0.138. The van der Waals surface area contributed by atoms with Crippen molar-refractivity contribution < 1.29 is 4.79 Å². The summed E-state index contributed by atoms with van der Waals surface area (Å²) in [6.07, 6.45) is 5.65. The van der Waals surface area contributed by atoms with Gasteiger partial charge >= 0.3 is 0 Å². The number of Topliss-reactive ketones (excluding diaryl/α,β-unsaturated/α-hetero) is 1. The van der Waals surface area contributed by atoms with Crippen molar-refractivity contribution in [2.75, 3.05) is 0 Å². The molecule has 0 N–H and O–H groups in total. The fraction of sp³-hybridized carbons (Fsp3) is 0.294. The van der Waals surface area contributed by atoms with Gasteiger partial charge < -0.3 is 0 Å². The first-order valence-corrected chi connectivity index (χ1v) is 7.76. The highest BCUT2D eigenvalue weighted by molar-refractivity contribution is 9.10. The van der Waals surface area contributed by atoms with Crippen molar-refractivity contribution >= 4 is 21.7 Å². The monoisotopic (exact) mass is 329 g/mol. The predicted molar refractivity (Wildman–Crippen MR) is 83.0 cm³/mol. The van der Waals surface area contributed by atoms with Gasteiger partial charge in [-0.1, -0.05) is 24.3 Å². The second-order valence-electron chi connectivity index (χ2n) is 5.28. The number of hydrogen-bond donors (Lipinski definition) is 0. The number of rotatable bonds is 3. The lowest BCUT2D eigenvalue weighted by Gasteiger charge is -2.24. The summed E-state index contributed by atoms with van der Waals surface area (Å²) < 4.78 is 0.900. The lowest BCUT2D eigenvalue weighted by molar-refractivity contribution is 0.0966. The molecule has 0 saturated heterocycles. The van der Waals surface area contributed by atoms with E-state index in [0.29, 0.717) is 18.0 Å². The molecule has 3 heteroatoms. The van der Waals surface area contributed by atoms with Crippen LogP contribution in [0.25, 0.3) is 0 Å². The highest BCUT2D eigenvalue weighted by atomic mass is 79.9. The fourth-order valence-corrected chi connectivity index (χ4v) is 3.17. The molecular weight excluding hydrogens is 314 g/mol. The molecule has 20 heavy (non-hydrogen) atoms. The number of ketones is 1. The van der Waals surface area contributed by atoms with E-state index in [1.54, 1.807) is 12.3 Å². The third-order valence-electron chi connectivity index (χ3n) is 3.94. The van der Waals surface area contributed by atoms with Crippen molar-refractivity contribution in [3.8, 4) is 0 Å². The zero-order valence-corrected chi connectivity index (χ0v) is 12.8. The maximum atomic E-state index is 12.4. The number of hydrogen-bond acceptors (Lipinski definition) is 2. The molecule has 2 nitrogen and oxygen atoms in total. The average Bonchev–Trinajstić information content (AvgIpc) is 2.48. The Labute approximate surface area is 127 Å². The van der Waals surface area contributed by atoms with Crippen LogP contribution in [-0.2, 0) is 6.42 Å². The van der Waals surface area contributed by atoms with E-state index < -0.39 is 0 Å². The molecular formula is C17H16BrNO. The molecule has 0 amide bonds. The van der Waals surface area contributed by atoms with Crippen LogP contribution >= 0.6 is 15.9 Å². The van der Waals surface area contributed by atoms with E-state index in [-0.39, 0.29) is 5.78 Å². The van der Waals surface area contributed by atoms with Crippen LogP contribution in [-0.4, -0.2) is 10.8 Å². The van der Waals surface area contributed by atoms with E-state index in [4.69, 9.17) is 0 Å². The van der Waals surface area contributed by atoms with Crippen LogP contribution in [0.4, 0.5) is 0 Å².